The number of aryl methyl sites for hydroxylation is 2. The molecule has 4 nitrogen and oxygen atoms in total. The monoisotopic (exact) mass is 303 g/mol. The van der Waals surface area contributed by atoms with Gasteiger partial charge in [0.05, 0.1) is 4.88 Å². The summed E-state index contributed by atoms with van der Waals surface area (Å²) in [4.78, 5) is 16.3. The topological polar surface area (TPSA) is 44.4 Å². The van der Waals surface area contributed by atoms with E-state index in [2.05, 4.69) is 22.5 Å². The molecule has 6 heteroatoms. The summed E-state index contributed by atoms with van der Waals surface area (Å²) in [7, 11) is 0. The van der Waals surface area contributed by atoms with Gasteiger partial charge in [-0.05, 0) is 25.5 Å². The molecule has 1 aliphatic heterocycles. The number of nitrogens with one attached hydrogen (secondary N) is 2. The minimum Gasteiger partial charge on any atom is -0.350 e. The minimum absolute atomic E-state index is 0. The average Bonchev–Trinajstić information content (AvgIpc) is 2.71. The number of carbonyl (C=O) groups is 1. The highest BCUT2D eigenvalue weighted by atomic mass is 35.5. The smallest absolute Gasteiger partial charge is 0.261 e. The van der Waals surface area contributed by atoms with Gasteiger partial charge in [0, 0.05) is 44.1 Å². The fraction of sp³-hybridized carbons (Fsp3) is 0.615. The Bertz CT molecular complexity index is 397. The number of hydrogen-bond acceptors (Lipinski definition) is 4. The van der Waals surface area contributed by atoms with Crippen molar-refractivity contribution in [1.29, 1.82) is 0 Å². The zero-order valence-electron chi connectivity index (χ0n) is 11.5. The van der Waals surface area contributed by atoms with Gasteiger partial charge in [-0.3, -0.25) is 9.69 Å². The largest absolute Gasteiger partial charge is 0.350 e. The lowest BCUT2D eigenvalue weighted by atomic mass is 10.3. The van der Waals surface area contributed by atoms with E-state index in [4.69, 9.17) is 0 Å². The molecule has 0 atom stereocenters. The molecule has 1 aliphatic rings. The summed E-state index contributed by atoms with van der Waals surface area (Å²) in [5, 5.41) is 6.32. The summed E-state index contributed by atoms with van der Waals surface area (Å²) >= 11 is 1.57. The van der Waals surface area contributed by atoms with Crippen LogP contribution in [0.15, 0.2) is 6.07 Å². The van der Waals surface area contributed by atoms with Crippen LogP contribution in [-0.4, -0.2) is 50.1 Å². The van der Waals surface area contributed by atoms with E-state index in [1.165, 1.54) is 10.4 Å². The first kappa shape index (κ1) is 16.4. The van der Waals surface area contributed by atoms with Gasteiger partial charge in [0.1, 0.15) is 0 Å². The van der Waals surface area contributed by atoms with Crippen molar-refractivity contribution in [2.75, 3.05) is 39.3 Å². The third kappa shape index (κ3) is 4.76. The second-order valence-electron chi connectivity index (χ2n) is 4.70. The third-order valence-electron chi connectivity index (χ3n) is 3.31. The number of carbonyl (C=O) groups excluding carboxylic acids is 1. The summed E-state index contributed by atoms with van der Waals surface area (Å²) in [6, 6.07) is 1.97. The maximum atomic E-state index is 11.9. The number of thiophene rings is 1. The number of amides is 1. The molecule has 0 aliphatic carbocycles. The normalized spacial score (nSPS) is 15.9. The van der Waals surface area contributed by atoms with Crippen molar-refractivity contribution in [1.82, 2.24) is 15.5 Å². The van der Waals surface area contributed by atoms with E-state index in [-0.39, 0.29) is 18.3 Å². The predicted octanol–water partition coefficient (Wildman–Crippen LogP) is 1.42. The van der Waals surface area contributed by atoms with Crippen molar-refractivity contribution < 1.29 is 4.79 Å². The van der Waals surface area contributed by atoms with Gasteiger partial charge >= 0.3 is 0 Å². The Hall–Kier alpha value is -0.620. The lowest BCUT2D eigenvalue weighted by Crippen LogP contribution is -2.46. The molecule has 2 N–H and O–H groups in total. The number of piperazine rings is 1. The van der Waals surface area contributed by atoms with Crippen LogP contribution in [0.4, 0.5) is 0 Å². The SMILES string of the molecule is Cc1cc(C(=O)NCCN2CCNCC2)sc1C.Cl. The van der Waals surface area contributed by atoms with Crippen LogP contribution in [0, 0.1) is 13.8 Å². The molecule has 1 aromatic heterocycles. The number of halogens is 1. The van der Waals surface area contributed by atoms with Gasteiger partial charge < -0.3 is 10.6 Å². The van der Waals surface area contributed by atoms with Crippen LogP contribution in [0.3, 0.4) is 0 Å². The molecule has 0 radical (unpaired) electrons. The van der Waals surface area contributed by atoms with Crippen LogP contribution in [0.1, 0.15) is 20.1 Å². The molecule has 0 bridgehead atoms. The molecule has 0 spiro atoms. The van der Waals surface area contributed by atoms with Crippen molar-refractivity contribution >= 4 is 29.7 Å². The lowest BCUT2D eigenvalue weighted by molar-refractivity contribution is 0.0951. The molecule has 0 saturated carbocycles. The van der Waals surface area contributed by atoms with E-state index in [0.29, 0.717) is 0 Å². The van der Waals surface area contributed by atoms with Gasteiger partial charge in [-0.15, -0.1) is 23.7 Å². The van der Waals surface area contributed by atoms with Gasteiger partial charge in [-0.1, -0.05) is 0 Å². The van der Waals surface area contributed by atoms with Crippen molar-refractivity contribution in [3.05, 3.63) is 21.4 Å². The molecule has 2 heterocycles. The summed E-state index contributed by atoms with van der Waals surface area (Å²) in [5.74, 6) is 0.0614. The minimum atomic E-state index is 0. The van der Waals surface area contributed by atoms with Gasteiger partial charge in [0.15, 0.2) is 0 Å². The Morgan fingerprint density at radius 1 is 1.42 bits per heavy atom. The molecule has 19 heavy (non-hydrogen) atoms. The Labute approximate surface area is 125 Å². The van der Waals surface area contributed by atoms with E-state index in [0.717, 1.165) is 44.1 Å². The standard InChI is InChI=1S/C13H21N3OS.ClH/c1-10-9-12(18-11(10)2)13(17)15-5-8-16-6-3-14-4-7-16;/h9,14H,3-8H2,1-2H3,(H,15,17);1H. The summed E-state index contributed by atoms with van der Waals surface area (Å²) in [5.41, 5.74) is 1.20. The molecule has 108 valence electrons. The summed E-state index contributed by atoms with van der Waals surface area (Å²) < 4.78 is 0. The first-order valence-corrected chi connectivity index (χ1v) is 7.27. The van der Waals surface area contributed by atoms with E-state index in [9.17, 15) is 4.79 Å². The summed E-state index contributed by atoms with van der Waals surface area (Å²) in [6.07, 6.45) is 0. The van der Waals surface area contributed by atoms with Crippen LogP contribution in [0.5, 0.6) is 0 Å². The molecule has 0 unspecified atom stereocenters. The molecule has 1 aromatic rings. The van der Waals surface area contributed by atoms with Gasteiger partial charge in [0.2, 0.25) is 0 Å². The average molecular weight is 304 g/mol. The van der Waals surface area contributed by atoms with Gasteiger partial charge in [0.25, 0.3) is 5.91 Å². The fourth-order valence-electron chi connectivity index (χ4n) is 2.03. The Kier molecular flexibility index (Phi) is 6.79. The maximum Gasteiger partial charge on any atom is 0.261 e. The molecule has 2 rings (SSSR count). The molecule has 1 saturated heterocycles. The molecule has 1 amide bonds. The molecular formula is C13H22ClN3OS. The van der Waals surface area contributed by atoms with Crippen LogP contribution in [0.25, 0.3) is 0 Å². The van der Waals surface area contributed by atoms with E-state index < -0.39 is 0 Å². The number of hydrogen-bond donors (Lipinski definition) is 2. The van der Waals surface area contributed by atoms with E-state index in [1.807, 2.05) is 13.0 Å². The quantitative estimate of drug-likeness (QED) is 0.884. The highest BCUT2D eigenvalue weighted by Crippen LogP contribution is 2.20. The lowest BCUT2D eigenvalue weighted by Gasteiger charge is -2.26. The van der Waals surface area contributed by atoms with Gasteiger partial charge in [-0.25, -0.2) is 0 Å². The predicted molar refractivity (Wildman–Crippen MR) is 82.7 cm³/mol. The highest BCUT2D eigenvalue weighted by Gasteiger charge is 2.12. The van der Waals surface area contributed by atoms with E-state index >= 15 is 0 Å². The number of nitrogens with zero attached hydrogens (tertiary/aromatic N) is 1. The molecule has 1 fully saturated rings. The van der Waals surface area contributed by atoms with Crippen LogP contribution >= 0.6 is 23.7 Å². The maximum absolute atomic E-state index is 11.9. The summed E-state index contributed by atoms with van der Waals surface area (Å²) in [6.45, 7) is 10.0. The third-order valence-corrected chi connectivity index (χ3v) is 4.46. The Balaban J connectivity index is 0.00000180. The Morgan fingerprint density at radius 2 is 2.11 bits per heavy atom. The number of rotatable bonds is 4. The second kappa shape index (κ2) is 7.85. The van der Waals surface area contributed by atoms with Gasteiger partial charge in [-0.2, -0.15) is 0 Å². The van der Waals surface area contributed by atoms with Crippen molar-refractivity contribution in [3.63, 3.8) is 0 Å². The first-order chi connectivity index (χ1) is 8.66. The van der Waals surface area contributed by atoms with Crippen LogP contribution < -0.4 is 10.6 Å². The second-order valence-corrected chi connectivity index (χ2v) is 5.95. The molecule has 0 aromatic carbocycles. The van der Waals surface area contributed by atoms with Crippen LogP contribution in [0.2, 0.25) is 0 Å². The molecular weight excluding hydrogens is 282 g/mol. The zero-order chi connectivity index (χ0) is 13.0. The Morgan fingerprint density at radius 3 is 2.68 bits per heavy atom. The fourth-order valence-corrected chi connectivity index (χ4v) is 2.98. The van der Waals surface area contributed by atoms with Crippen molar-refractivity contribution in [2.45, 2.75) is 13.8 Å². The van der Waals surface area contributed by atoms with Crippen molar-refractivity contribution in [3.8, 4) is 0 Å². The van der Waals surface area contributed by atoms with Crippen molar-refractivity contribution in [2.24, 2.45) is 0 Å². The van der Waals surface area contributed by atoms with E-state index in [1.54, 1.807) is 11.3 Å². The zero-order valence-corrected chi connectivity index (χ0v) is 13.1. The van der Waals surface area contributed by atoms with Crippen LogP contribution in [-0.2, 0) is 0 Å². The highest BCUT2D eigenvalue weighted by molar-refractivity contribution is 7.14. The first-order valence-electron chi connectivity index (χ1n) is 6.45.